The molecule has 2 amide bonds. The van der Waals surface area contributed by atoms with E-state index in [9.17, 15) is 9.59 Å². The Morgan fingerprint density at radius 3 is 2.80 bits per heavy atom. The third kappa shape index (κ3) is 3.09. The number of nitrogens with one attached hydrogen (secondary N) is 1. The van der Waals surface area contributed by atoms with Gasteiger partial charge in [0.2, 0.25) is 5.91 Å². The first-order chi connectivity index (χ1) is 12.2. The molecule has 1 N–H and O–H groups in total. The minimum atomic E-state index is -0.419. The van der Waals surface area contributed by atoms with Crippen LogP contribution in [0.15, 0.2) is 48.5 Å². The number of benzene rings is 2. The number of likely N-dealkylation sites (tertiary alicyclic amines) is 1. The van der Waals surface area contributed by atoms with Crippen molar-refractivity contribution in [1.82, 2.24) is 4.90 Å². The highest BCUT2D eigenvalue weighted by molar-refractivity contribution is 6.01. The molecule has 25 heavy (non-hydrogen) atoms. The van der Waals surface area contributed by atoms with Crippen molar-refractivity contribution in [3.8, 4) is 5.75 Å². The van der Waals surface area contributed by atoms with E-state index in [1.54, 1.807) is 11.0 Å². The molecule has 0 saturated carbocycles. The molecular formula is C20H20N2O3. The van der Waals surface area contributed by atoms with E-state index in [0.29, 0.717) is 25.1 Å². The van der Waals surface area contributed by atoms with Gasteiger partial charge in [-0.15, -0.1) is 0 Å². The van der Waals surface area contributed by atoms with Crippen LogP contribution in [-0.4, -0.2) is 35.9 Å². The fourth-order valence-corrected chi connectivity index (χ4v) is 3.51. The van der Waals surface area contributed by atoms with Gasteiger partial charge in [-0.05, 0) is 48.7 Å². The van der Waals surface area contributed by atoms with Crippen molar-refractivity contribution < 1.29 is 14.3 Å². The van der Waals surface area contributed by atoms with Crippen LogP contribution in [0.5, 0.6) is 5.75 Å². The Kier molecular flexibility index (Phi) is 4.14. The van der Waals surface area contributed by atoms with Gasteiger partial charge in [-0.1, -0.05) is 18.2 Å². The molecule has 1 atom stereocenters. The second kappa shape index (κ2) is 6.59. The molecule has 2 aliphatic heterocycles. The quantitative estimate of drug-likeness (QED) is 0.938. The molecule has 0 unspecified atom stereocenters. The molecule has 2 aromatic carbocycles. The first-order valence-corrected chi connectivity index (χ1v) is 8.65. The zero-order valence-electron chi connectivity index (χ0n) is 13.9. The number of carbonyl (C=O) groups excluding carboxylic acids is 2. The third-order valence-electron chi connectivity index (χ3n) is 4.79. The van der Waals surface area contributed by atoms with E-state index in [2.05, 4.69) is 5.32 Å². The molecule has 1 fully saturated rings. The SMILES string of the molecule is O=C(Nc1ccccc1)[C@@H]1CCCN1C(=O)c1ccc2c(c1)CCO2. The summed E-state index contributed by atoms with van der Waals surface area (Å²) in [5.41, 5.74) is 2.44. The lowest BCUT2D eigenvalue weighted by molar-refractivity contribution is -0.119. The van der Waals surface area contributed by atoms with E-state index >= 15 is 0 Å². The first-order valence-electron chi connectivity index (χ1n) is 8.65. The summed E-state index contributed by atoms with van der Waals surface area (Å²) in [6.45, 7) is 1.28. The van der Waals surface area contributed by atoms with E-state index in [4.69, 9.17) is 4.74 Å². The number of rotatable bonds is 3. The Balaban J connectivity index is 1.51. The van der Waals surface area contributed by atoms with Gasteiger partial charge in [-0.25, -0.2) is 0 Å². The number of anilines is 1. The molecular weight excluding hydrogens is 316 g/mol. The second-order valence-electron chi connectivity index (χ2n) is 6.43. The van der Waals surface area contributed by atoms with Crippen LogP contribution in [0.4, 0.5) is 5.69 Å². The number of amides is 2. The normalized spacial score (nSPS) is 18.6. The Labute approximate surface area is 146 Å². The van der Waals surface area contributed by atoms with Gasteiger partial charge in [0.25, 0.3) is 5.91 Å². The smallest absolute Gasteiger partial charge is 0.254 e. The Morgan fingerprint density at radius 2 is 1.96 bits per heavy atom. The molecule has 0 spiro atoms. The van der Waals surface area contributed by atoms with Crippen LogP contribution in [-0.2, 0) is 11.2 Å². The van der Waals surface area contributed by atoms with Gasteiger partial charge in [0.1, 0.15) is 11.8 Å². The topological polar surface area (TPSA) is 58.6 Å². The van der Waals surface area contributed by atoms with E-state index < -0.39 is 6.04 Å². The summed E-state index contributed by atoms with van der Waals surface area (Å²) in [4.78, 5) is 27.2. The number of ether oxygens (including phenoxy) is 1. The summed E-state index contributed by atoms with van der Waals surface area (Å²) in [6.07, 6.45) is 2.36. The lowest BCUT2D eigenvalue weighted by Gasteiger charge is -2.24. The van der Waals surface area contributed by atoms with E-state index in [-0.39, 0.29) is 11.8 Å². The first kappa shape index (κ1) is 15.7. The molecule has 2 aromatic rings. The number of hydrogen-bond donors (Lipinski definition) is 1. The predicted molar refractivity (Wildman–Crippen MR) is 94.8 cm³/mol. The van der Waals surface area contributed by atoms with Gasteiger partial charge < -0.3 is 15.0 Å². The van der Waals surface area contributed by atoms with Crippen molar-refractivity contribution in [2.24, 2.45) is 0 Å². The molecule has 128 valence electrons. The van der Waals surface area contributed by atoms with Crippen molar-refractivity contribution >= 4 is 17.5 Å². The highest BCUT2D eigenvalue weighted by atomic mass is 16.5. The highest BCUT2D eigenvalue weighted by Gasteiger charge is 2.34. The van der Waals surface area contributed by atoms with E-state index in [1.807, 2.05) is 42.5 Å². The predicted octanol–water partition coefficient (Wildman–Crippen LogP) is 2.86. The van der Waals surface area contributed by atoms with Crippen LogP contribution in [0, 0.1) is 0 Å². The largest absolute Gasteiger partial charge is 0.493 e. The minimum Gasteiger partial charge on any atom is -0.493 e. The molecule has 2 aliphatic rings. The summed E-state index contributed by atoms with van der Waals surface area (Å²) >= 11 is 0. The molecule has 4 rings (SSSR count). The second-order valence-corrected chi connectivity index (χ2v) is 6.43. The number of nitrogens with zero attached hydrogens (tertiary/aromatic N) is 1. The maximum Gasteiger partial charge on any atom is 0.254 e. The van der Waals surface area contributed by atoms with Crippen LogP contribution in [0.3, 0.4) is 0 Å². The highest BCUT2D eigenvalue weighted by Crippen LogP contribution is 2.28. The Hall–Kier alpha value is -2.82. The monoisotopic (exact) mass is 336 g/mol. The van der Waals surface area contributed by atoms with Gasteiger partial charge in [-0.3, -0.25) is 9.59 Å². The summed E-state index contributed by atoms with van der Waals surface area (Å²) in [6, 6.07) is 14.5. The van der Waals surface area contributed by atoms with Gasteiger partial charge in [0.15, 0.2) is 0 Å². The zero-order valence-corrected chi connectivity index (χ0v) is 13.9. The molecule has 2 heterocycles. The number of fused-ring (bicyclic) bond motifs is 1. The number of para-hydroxylation sites is 1. The Bertz CT molecular complexity index is 804. The molecule has 0 aromatic heterocycles. The molecule has 5 heteroatoms. The van der Waals surface area contributed by atoms with Crippen LogP contribution in [0.2, 0.25) is 0 Å². The van der Waals surface area contributed by atoms with Crippen LogP contribution >= 0.6 is 0 Å². The molecule has 1 saturated heterocycles. The van der Waals surface area contributed by atoms with Crippen molar-refractivity contribution in [2.45, 2.75) is 25.3 Å². The van der Waals surface area contributed by atoms with E-state index in [1.165, 1.54) is 0 Å². The molecule has 0 bridgehead atoms. The van der Waals surface area contributed by atoms with Gasteiger partial charge in [0, 0.05) is 24.2 Å². The van der Waals surface area contributed by atoms with Crippen molar-refractivity contribution in [1.29, 1.82) is 0 Å². The Morgan fingerprint density at radius 1 is 1.12 bits per heavy atom. The van der Waals surface area contributed by atoms with Gasteiger partial charge in [0.05, 0.1) is 6.61 Å². The van der Waals surface area contributed by atoms with Crippen LogP contribution in [0.25, 0.3) is 0 Å². The maximum atomic E-state index is 12.9. The fraction of sp³-hybridized carbons (Fsp3) is 0.300. The number of carbonyl (C=O) groups is 2. The minimum absolute atomic E-state index is 0.0830. The third-order valence-corrected chi connectivity index (χ3v) is 4.79. The zero-order chi connectivity index (χ0) is 17.2. The summed E-state index contributed by atoms with van der Waals surface area (Å²) in [5, 5.41) is 2.91. The summed E-state index contributed by atoms with van der Waals surface area (Å²) < 4.78 is 5.50. The summed E-state index contributed by atoms with van der Waals surface area (Å²) in [5.74, 6) is 0.651. The van der Waals surface area contributed by atoms with Crippen molar-refractivity contribution in [3.05, 3.63) is 59.7 Å². The average molecular weight is 336 g/mol. The van der Waals surface area contributed by atoms with Gasteiger partial charge in [-0.2, -0.15) is 0 Å². The van der Waals surface area contributed by atoms with Crippen LogP contribution in [0.1, 0.15) is 28.8 Å². The fourth-order valence-electron chi connectivity index (χ4n) is 3.51. The molecule has 0 radical (unpaired) electrons. The lowest BCUT2D eigenvalue weighted by Crippen LogP contribution is -2.43. The summed E-state index contributed by atoms with van der Waals surface area (Å²) in [7, 11) is 0. The average Bonchev–Trinajstić information content (AvgIpc) is 3.30. The van der Waals surface area contributed by atoms with Crippen LogP contribution < -0.4 is 10.1 Å². The standard InChI is InChI=1S/C20H20N2O3/c23-19(21-16-5-2-1-3-6-16)17-7-4-11-22(17)20(24)15-8-9-18-14(13-15)10-12-25-18/h1-3,5-6,8-9,13,17H,4,7,10-12H2,(H,21,23)/t17-/m0/s1. The lowest BCUT2D eigenvalue weighted by atomic mass is 10.1. The van der Waals surface area contributed by atoms with E-state index in [0.717, 1.165) is 29.8 Å². The number of hydrogen-bond acceptors (Lipinski definition) is 3. The molecule has 0 aliphatic carbocycles. The molecule has 5 nitrogen and oxygen atoms in total. The maximum absolute atomic E-state index is 12.9. The van der Waals surface area contributed by atoms with Gasteiger partial charge >= 0.3 is 0 Å². The van der Waals surface area contributed by atoms with Crippen molar-refractivity contribution in [2.75, 3.05) is 18.5 Å². The van der Waals surface area contributed by atoms with Crippen molar-refractivity contribution in [3.63, 3.8) is 0 Å².